The molecule has 0 saturated carbocycles. The Bertz CT molecular complexity index is 939. The molecule has 1 atom stereocenters. The molecule has 0 aliphatic carbocycles. The number of aromatic nitrogens is 4. The third kappa shape index (κ3) is 3.73. The van der Waals surface area contributed by atoms with Gasteiger partial charge in [-0.3, -0.25) is 4.79 Å². The van der Waals surface area contributed by atoms with Crippen LogP contribution < -0.4 is 0 Å². The number of benzene rings is 1. The van der Waals surface area contributed by atoms with Crippen LogP contribution in [0.25, 0.3) is 10.9 Å². The number of rotatable bonds is 3. The van der Waals surface area contributed by atoms with Gasteiger partial charge in [-0.15, -0.1) is 5.10 Å². The van der Waals surface area contributed by atoms with Crippen molar-refractivity contribution in [3.8, 4) is 0 Å². The van der Waals surface area contributed by atoms with E-state index in [1.807, 2.05) is 11.0 Å². The van der Waals surface area contributed by atoms with E-state index < -0.39 is 0 Å². The quantitative estimate of drug-likeness (QED) is 0.772. The minimum atomic E-state index is -0.0822. The summed E-state index contributed by atoms with van der Waals surface area (Å²) in [5.74, 6) is 0.00963. The third-order valence-corrected chi connectivity index (χ3v) is 5.01. The standard InChI is InChI=1S/C20H25N5O2/c1-20(2,3)15-5-4-14-10-18(22-17(14)11-15)19(26)24-8-9-27-16(12-24)13-25-7-6-21-23-25/h4-7,10-11,16,22H,8-9,12-13H2,1-3H3. The van der Waals surface area contributed by atoms with E-state index in [1.165, 1.54) is 5.56 Å². The van der Waals surface area contributed by atoms with E-state index in [4.69, 9.17) is 4.74 Å². The van der Waals surface area contributed by atoms with Gasteiger partial charge in [0.2, 0.25) is 0 Å². The molecule has 1 aromatic carbocycles. The van der Waals surface area contributed by atoms with Gasteiger partial charge in [-0.1, -0.05) is 38.1 Å². The normalized spacial score (nSPS) is 18.2. The molecule has 1 unspecified atom stereocenters. The number of aromatic amines is 1. The summed E-state index contributed by atoms with van der Waals surface area (Å²) in [5.41, 5.74) is 2.94. The van der Waals surface area contributed by atoms with Gasteiger partial charge in [0.15, 0.2) is 0 Å². The van der Waals surface area contributed by atoms with Crippen LogP contribution in [0.4, 0.5) is 0 Å². The Morgan fingerprint density at radius 1 is 1.33 bits per heavy atom. The van der Waals surface area contributed by atoms with Gasteiger partial charge in [0, 0.05) is 30.2 Å². The number of nitrogens with zero attached hydrogens (tertiary/aromatic N) is 4. The van der Waals surface area contributed by atoms with Crippen molar-refractivity contribution in [1.82, 2.24) is 24.9 Å². The molecular weight excluding hydrogens is 342 g/mol. The number of fused-ring (bicyclic) bond motifs is 1. The number of carbonyl (C=O) groups excluding carboxylic acids is 1. The van der Waals surface area contributed by atoms with Crippen molar-refractivity contribution in [3.63, 3.8) is 0 Å². The minimum Gasteiger partial charge on any atom is -0.373 e. The SMILES string of the molecule is CC(C)(C)c1ccc2cc(C(=O)N3CCOC(Cn4ccnn4)C3)[nH]c2c1. The van der Waals surface area contributed by atoms with E-state index in [-0.39, 0.29) is 17.4 Å². The molecule has 2 aromatic heterocycles. The van der Waals surface area contributed by atoms with Gasteiger partial charge in [0.25, 0.3) is 5.91 Å². The molecule has 3 aromatic rings. The number of hydrogen-bond acceptors (Lipinski definition) is 4. The summed E-state index contributed by atoms with van der Waals surface area (Å²) < 4.78 is 7.52. The van der Waals surface area contributed by atoms with Crippen LogP contribution in [0.5, 0.6) is 0 Å². The van der Waals surface area contributed by atoms with Crippen LogP contribution in [-0.2, 0) is 16.7 Å². The van der Waals surface area contributed by atoms with E-state index in [1.54, 1.807) is 17.1 Å². The molecule has 1 aliphatic heterocycles. The number of nitrogens with one attached hydrogen (secondary N) is 1. The Morgan fingerprint density at radius 2 is 2.19 bits per heavy atom. The summed E-state index contributed by atoms with van der Waals surface area (Å²) in [4.78, 5) is 18.2. The van der Waals surface area contributed by atoms with E-state index >= 15 is 0 Å². The maximum absolute atomic E-state index is 13.0. The lowest BCUT2D eigenvalue weighted by molar-refractivity contribution is -0.0303. The van der Waals surface area contributed by atoms with E-state index in [0.717, 1.165) is 10.9 Å². The van der Waals surface area contributed by atoms with E-state index in [9.17, 15) is 4.79 Å². The molecular formula is C20H25N5O2. The Labute approximate surface area is 158 Å². The van der Waals surface area contributed by atoms with E-state index in [2.05, 4.69) is 54.3 Å². The average Bonchev–Trinajstić information content (AvgIpc) is 3.29. The number of morpholine rings is 1. The van der Waals surface area contributed by atoms with Gasteiger partial charge >= 0.3 is 0 Å². The molecule has 1 N–H and O–H groups in total. The maximum atomic E-state index is 13.0. The Balaban J connectivity index is 1.51. The fraction of sp³-hybridized carbons (Fsp3) is 0.450. The highest BCUT2D eigenvalue weighted by Crippen LogP contribution is 2.26. The molecule has 7 nitrogen and oxygen atoms in total. The van der Waals surface area contributed by atoms with Crippen LogP contribution in [0.1, 0.15) is 36.8 Å². The minimum absolute atomic E-state index is 0.00963. The molecule has 0 spiro atoms. The van der Waals surface area contributed by atoms with Gasteiger partial charge in [0.05, 0.1) is 25.5 Å². The largest absolute Gasteiger partial charge is 0.373 e. The van der Waals surface area contributed by atoms with Gasteiger partial charge < -0.3 is 14.6 Å². The molecule has 1 fully saturated rings. The molecule has 1 aliphatic rings. The lowest BCUT2D eigenvalue weighted by atomic mass is 9.87. The number of amides is 1. The second-order valence-electron chi connectivity index (χ2n) is 8.10. The van der Waals surface area contributed by atoms with Crippen LogP contribution in [-0.4, -0.2) is 56.6 Å². The lowest BCUT2D eigenvalue weighted by Gasteiger charge is -2.32. The second-order valence-corrected chi connectivity index (χ2v) is 8.10. The first kappa shape index (κ1) is 17.7. The number of H-pyrrole nitrogens is 1. The highest BCUT2D eigenvalue weighted by molar-refractivity contribution is 5.98. The predicted octanol–water partition coefficient (Wildman–Crippen LogP) is 2.60. The highest BCUT2D eigenvalue weighted by Gasteiger charge is 2.26. The van der Waals surface area contributed by atoms with Gasteiger partial charge in [-0.25, -0.2) is 4.68 Å². The van der Waals surface area contributed by atoms with Crippen LogP contribution in [0, 0.1) is 0 Å². The van der Waals surface area contributed by atoms with E-state index in [0.29, 0.717) is 31.9 Å². The molecule has 1 amide bonds. The lowest BCUT2D eigenvalue weighted by Crippen LogP contribution is -2.47. The van der Waals surface area contributed by atoms with Crippen molar-refractivity contribution < 1.29 is 9.53 Å². The van der Waals surface area contributed by atoms with Crippen molar-refractivity contribution >= 4 is 16.8 Å². The fourth-order valence-corrected chi connectivity index (χ4v) is 3.43. The number of carbonyl (C=O) groups is 1. The molecule has 4 rings (SSSR count). The topological polar surface area (TPSA) is 76.0 Å². The summed E-state index contributed by atoms with van der Waals surface area (Å²) in [6.45, 7) is 8.81. The first-order valence-electron chi connectivity index (χ1n) is 9.28. The summed E-state index contributed by atoms with van der Waals surface area (Å²) in [5, 5.41) is 8.84. The molecule has 1 saturated heterocycles. The second kappa shape index (κ2) is 6.81. The highest BCUT2D eigenvalue weighted by atomic mass is 16.5. The van der Waals surface area contributed by atoms with Crippen molar-refractivity contribution in [2.45, 2.75) is 38.8 Å². The molecule has 7 heteroatoms. The van der Waals surface area contributed by atoms with Crippen molar-refractivity contribution in [2.24, 2.45) is 0 Å². The summed E-state index contributed by atoms with van der Waals surface area (Å²) >= 11 is 0. The third-order valence-electron chi connectivity index (χ3n) is 5.01. The van der Waals surface area contributed by atoms with Crippen molar-refractivity contribution in [3.05, 3.63) is 47.9 Å². The first-order valence-corrected chi connectivity index (χ1v) is 9.28. The van der Waals surface area contributed by atoms with Crippen LogP contribution >= 0.6 is 0 Å². The number of ether oxygens (including phenoxy) is 1. The fourth-order valence-electron chi connectivity index (χ4n) is 3.43. The summed E-state index contributed by atoms with van der Waals surface area (Å²) in [7, 11) is 0. The zero-order chi connectivity index (χ0) is 19.0. The monoisotopic (exact) mass is 367 g/mol. The van der Waals surface area contributed by atoms with Gasteiger partial charge in [0.1, 0.15) is 5.69 Å². The predicted molar refractivity (Wildman–Crippen MR) is 103 cm³/mol. The smallest absolute Gasteiger partial charge is 0.270 e. The van der Waals surface area contributed by atoms with Crippen molar-refractivity contribution in [1.29, 1.82) is 0 Å². The summed E-state index contributed by atoms with van der Waals surface area (Å²) in [6, 6.07) is 8.29. The first-order chi connectivity index (χ1) is 12.9. The average molecular weight is 367 g/mol. The Morgan fingerprint density at radius 3 is 2.93 bits per heavy atom. The zero-order valence-electron chi connectivity index (χ0n) is 16.0. The van der Waals surface area contributed by atoms with Crippen LogP contribution in [0.2, 0.25) is 0 Å². The maximum Gasteiger partial charge on any atom is 0.270 e. The zero-order valence-corrected chi connectivity index (χ0v) is 16.0. The molecule has 142 valence electrons. The van der Waals surface area contributed by atoms with Crippen molar-refractivity contribution in [2.75, 3.05) is 19.7 Å². The molecule has 3 heterocycles. The van der Waals surface area contributed by atoms with Crippen LogP contribution in [0.15, 0.2) is 36.7 Å². The van der Waals surface area contributed by atoms with Crippen LogP contribution in [0.3, 0.4) is 0 Å². The number of hydrogen-bond donors (Lipinski definition) is 1. The molecule has 27 heavy (non-hydrogen) atoms. The molecule has 0 bridgehead atoms. The summed E-state index contributed by atoms with van der Waals surface area (Å²) in [6.07, 6.45) is 3.36. The van der Waals surface area contributed by atoms with Gasteiger partial charge in [-0.2, -0.15) is 0 Å². The Kier molecular flexibility index (Phi) is 4.47. The van der Waals surface area contributed by atoms with Gasteiger partial charge in [-0.05, 0) is 23.1 Å². The Hall–Kier alpha value is -2.67. The molecule has 0 radical (unpaired) electrons.